The molecule has 128 valence electrons. The van der Waals surface area contributed by atoms with E-state index in [1.807, 2.05) is 18.2 Å². The first-order valence-electron chi connectivity index (χ1n) is 7.74. The van der Waals surface area contributed by atoms with Crippen LogP contribution < -0.4 is 20.3 Å². The van der Waals surface area contributed by atoms with Gasteiger partial charge in [-0.25, -0.2) is 9.97 Å². The molecule has 0 saturated carbocycles. The molecule has 0 aliphatic carbocycles. The highest BCUT2D eigenvalue weighted by Crippen LogP contribution is 2.32. The molecule has 0 spiro atoms. The number of nitrogens with one attached hydrogen (secondary N) is 2. The molecule has 1 aliphatic rings. The van der Waals surface area contributed by atoms with Crippen molar-refractivity contribution in [1.29, 1.82) is 0 Å². The topological polar surface area (TPSA) is 111 Å². The van der Waals surface area contributed by atoms with Crippen molar-refractivity contribution in [2.24, 2.45) is 0 Å². The van der Waals surface area contributed by atoms with E-state index < -0.39 is 0 Å². The summed E-state index contributed by atoms with van der Waals surface area (Å²) in [5, 5.41) is 2.85. The van der Waals surface area contributed by atoms with Crippen LogP contribution in [0.1, 0.15) is 12.0 Å². The van der Waals surface area contributed by atoms with Gasteiger partial charge < -0.3 is 24.3 Å². The van der Waals surface area contributed by atoms with E-state index >= 15 is 0 Å². The number of nitrogens with zero attached hydrogens (tertiary/aromatic N) is 3. The molecule has 0 fully saturated rings. The first-order chi connectivity index (χ1) is 12.2. The van der Waals surface area contributed by atoms with Crippen molar-refractivity contribution in [1.82, 2.24) is 24.8 Å². The summed E-state index contributed by atoms with van der Waals surface area (Å²) in [5.41, 5.74) is 1.37. The van der Waals surface area contributed by atoms with Crippen LogP contribution in [-0.2, 0) is 17.9 Å². The fourth-order valence-electron chi connectivity index (χ4n) is 2.62. The summed E-state index contributed by atoms with van der Waals surface area (Å²) in [6.07, 6.45) is 3.09. The van der Waals surface area contributed by atoms with Crippen molar-refractivity contribution >= 4 is 17.1 Å². The Balaban J connectivity index is 1.34. The van der Waals surface area contributed by atoms with Gasteiger partial charge in [0.25, 0.3) is 5.56 Å². The van der Waals surface area contributed by atoms with Crippen LogP contribution in [0.4, 0.5) is 0 Å². The summed E-state index contributed by atoms with van der Waals surface area (Å²) in [4.78, 5) is 34.2. The number of amides is 1. The Labute approximate surface area is 141 Å². The largest absolute Gasteiger partial charge is 0.454 e. The predicted octanol–water partition coefficient (Wildman–Crippen LogP) is 0.555. The molecule has 1 amide bonds. The van der Waals surface area contributed by atoms with Crippen LogP contribution in [0.15, 0.2) is 35.6 Å². The molecule has 1 aliphatic heterocycles. The molecule has 3 heterocycles. The molecule has 25 heavy (non-hydrogen) atoms. The summed E-state index contributed by atoms with van der Waals surface area (Å²) >= 11 is 0. The summed E-state index contributed by atoms with van der Waals surface area (Å²) < 4.78 is 12.3. The molecule has 4 rings (SSSR count). The SMILES string of the molecule is O=C(CCn1cnc2c(=O)[nH]cnc21)NCc1ccc2c(c1)OCO2. The molecular formula is C16H15N5O4. The molecule has 2 aromatic heterocycles. The number of benzene rings is 1. The quantitative estimate of drug-likeness (QED) is 0.701. The maximum absolute atomic E-state index is 12.1. The van der Waals surface area contributed by atoms with Crippen LogP contribution in [0.3, 0.4) is 0 Å². The van der Waals surface area contributed by atoms with Gasteiger partial charge in [0.2, 0.25) is 12.7 Å². The van der Waals surface area contributed by atoms with Crippen LogP contribution in [-0.4, -0.2) is 32.2 Å². The molecule has 9 nitrogen and oxygen atoms in total. The Kier molecular flexibility index (Phi) is 3.81. The highest BCUT2D eigenvalue weighted by Gasteiger charge is 2.13. The van der Waals surface area contributed by atoms with Crippen molar-refractivity contribution in [2.45, 2.75) is 19.5 Å². The van der Waals surface area contributed by atoms with Crippen molar-refractivity contribution in [2.75, 3.05) is 6.79 Å². The van der Waals surface area contributed by atoms with E-state index in [0.717, 1.165) is 5.56 Å². The van der Waals surface area contributed by atoms with Gasteiger partial charge in [-0.1, -0.05) is 6.07 Å². The van der Waals surface area contributed by atoms with E-state index in [1.165, 1.54) is 12.7 Å². The number of ether oxygens (including phenoxy) is 2. The van der Waals surface area contributed by atoms with Crippen molar-refractivity contribution < 1.29 is 14.3 Å². The third kappa shape index (κ3) is 3.03. The first-order valence-corrected chi connectivity index (χ1v) is 7.74. The zero-order chi connectivity index (χ0) is 17.2. The van der Waals surface area contributed by atoms with Crippen molar-refractivity contribution in [3.05, 3.63) is 46.8 Å². The molecule has 3 aromatic rings. The molecule has 0 bridgehead atoms. The molecule has 0 unspecified atom stereocenters. The third-order valence-corrected chi connectivity index (χ3v) is 3.91. The second-order valence-electron chi connectivity index (χ2n) is 5.56. The van der Waals surface area contributed by atoms with E-state index in [9.17, 15) is 9.59 Å². The lowest BCUT2D eigenvalue weighted by Gasteiger charge is -2.07. The van der Waals surface area contributed by atoms with Gasteiger partial charge in [0.15, 0.2) is 22.7 Å². The second kappa shape index (κ2) is 6.27. The summed E-state index contributed by atoms with van der Waals surface area (Å²) in [7, 11) is 0. The minimum atomic E-state index is -0.295. The lowest BCUT2D eigenvalue weighted by Crippen LogP contribution is -2.23. The maximum atomic E-state index is 12.1. The Morgan fingerprint density at radius 2 is 2.16 bits per heavy atom. The van der Waals surface area contributed by atoms with Crippen LogP contribution >= 0.6 is 0 Å². The van der Waals surface area contributed by atoms with Crippen LogP contribution in [0.2, 0.25) is 0 Å². The van der Waals surface area contributed by atoms with Gasteiger partial charge in [0, 0.05) is 19.5 Å². The van der Waals surface area contributed by atoms with E-state index in [-0.39, 0.29) is 30.2 Å². The first kappa shape index (κ1) is 15.2. The lowest BCUT2D eigenvalue weighted by molar-refractivity contribution is -0.121. The zero-order valence-corrected chi connectivity index (χ0v) is 13.2. The van der Waals surface area contributed by atoms with E-state index in [0.29, 0.717) is 30.2 Å². The summed E-state index contributed by atoms with van der Waals surface area (Å²) in [5.74, 6) is 1.29. The Bertz CT molecular complexity index is 994. The molecule has 0 saturated heterocycles. The number of fused-ring (bicyclic) bond motifs is 2. The number of aromatic amines is 1. The predicted molar refractivity (Wildman–Crippen MR) is 87.2 cm³/mol. The Hall–Kier alpha value is -3.36. The van der Waals surface area contributed by atoms with Gasteiger partial charge in [-0.15, -0.1) is 0 Å². The summed E-state index contributed by atoms with van der Waals surface area (Å²) in [6, 6.07) is 5.56. The van der Waals surface area contributed by atoms with Crippen LogP contribution in [0.25, 0.3) is 11.2 Å². The number of aromatic nitrogens is 4. The average Bonchev–Trinajstić information content (AvgIpc) is 3.25. The van der Waals surface area contributed by atoms with Gasteiger partial charge >= 0.3 is 0 Å². The number of hydrogen-bond donors (Lipinski definition) is 2. The van der Waals surface area contributed by atoms with Gasteiger partial charge in [-0.2, -0.15) is 0 Å². The number of rotatable bonds is 5. The van der Waals surface area contributed by atoms with Gasteiger partial charge in [0.05, 0.1) is 12.7 Å². The fourth-order valence-corrected chi connectivity index (χ4v) is 2.62. The van der Waals surface area contributed by atoms with E-state index in [2.05, 4.69) is 20.3 Å². The highest BCUT2D eigenvalue weighted by atomic mass is 16.7. The van der Waals surface area contributed by atoms with Crippen molar-refractivity contribution in [3.63, 3.8) is 0 Å². The van der Waals surface area contributed by atoms with Gasteiger partial charge in [0.1, 0.15) is 0 Å². The Morgan fingerprint density at radius 3 is 3.08 bits per heavy atom. The number of imidazole rings is 1. The monoisotopic (exact) mass is 341 g/mol. The number of aryl methyl sites for hydroxylation is 1. The molecular weight excluding hydrogens is 326 g/mol. The smallest absolute Gasteiger partial charge is 0.278 e. The van der Waals surface area contributed by atoms with E-state index in [4.69, 9.17) is 9.47 Å². The van der Waals surface area contributed by atoms with Crippen LogP contribution in [0.5, 0.6) is 11.5 Å². The minimum absolute atomic E-state index is 0.107. The zero-order valence-electron chi connectivity index (χ0n) is 13.2. The number of H-pyrrole nitrogens is 1. The number of hydrogen-bond acceptors (Lipinski definition) is 6. The lowest BCUT2D eigenvalue weighted by atomic mass is 10.2. The highest BCUT2D eigenvalue weighted by molar-refractivity contribution is 5.76. The van der Waals surface area contributed by atoms with Crippen LogP contribution in [0, 0.1) is 0 Å². The standard InChI is InChI=1S/C16H15N5O4/c22-13(17-6-10-1-2-11-12(5-10)25-9-24-11)3-4-21-8-20-14-15(21)18-7-19-16(14)23/h1-2,5,7-8H,3-4,6,9H2,(H,17,22)(H,18,19,23). The fraction of sp³-hybridized carbons (Fsp3) is 0.250. The van der Waals surface area contributed by atoms with Crippen molar-refractivity contribution in [3.8, 4) is 11.5 Å². The molecule has 0 radical (unpaired) electrons. The molecule has 0 atom stereocenters. The van der Waals surface area contributed by atoms with E-state index in [1.54, 1.807) is 4.57 Å². The second-order valence-corrected chi connectivity index (χ2v) is 5.56. The van der Waals surface area contributed by atoms with Gasteiger partial charge in [-0.3, -0.25) is 9.59 Å². The molecule has 9 heteroatoms. The summed E-state index contributed by atoms with van der Waals surface area (Å²) in [6.45, 7) is 1.01. The molecule has 2 N–H and O–H groups in total. The number of carbonyl (C=O) groups excluding carboxylic acids is 1. The minimum Gasteiger partial charge on any atom is -0.454 e. The van der Waals surface area contributed by atoms with Gasteiger partial charge in [-0.05, 0) is 17.7 Å². The molecule has 1 aromatic carbocycles. The Morgan fingerprint density at radius 1 is 1.28 bits per heavy atom. The normalized spacial score (nSPS) is 12.5. The maximum Gasteiger partial charge on any atom is 0.278 e. The third-order valence-electron chi connectivity index (χ3n) is 3.91. The number of carbonyl (C=O) groups is 1. The average molecular weight is 341 g/mol.